The van der Waals surface area contributed by atoms with Gasteiger partial charge >= 0.3 is 0 Å². The van der Waals surface area contributed by atoms with E-state index in [9.17, 15) is 0 Å². The number of aromatic nitrogens is 1. The molecule has 0 saturated heterocycles. The van der Waals surface area contributed by atoms with Gasteiger partial charge in [0.2, 0.25) is 0 Å². The smallest absolute Gasteiger partial charge is 0.137 e. The maximum Gasteiger partial charge on any atom is 0.137 e. The van der Waals surface area contributed by atoms with Gasteiger partial charge in [0, 0.05) is 28.4 Å². The van der Waals surface area contributed by atoms with Crippen molar-refractivity contribution in [3.63, 3.8) is 0 Å². The Morgan fingerprint density at radius 2 is 1.00 bits per heavy atom. The zero-order chi connectivity index (χ0) is 31.2. The minimum absolute atomic E-state index is 0.837. The second-order valence-electron chi connectivity index (χ2n) is 11.6. The van der Waals surface area contributed by atoms with Gasteiger partial charge in [-0.05, 0) is 64.7 Å². The van der Waals surface area contributed by atoms with E-state index in [0.29, 0.717) is 0 Å². The third kappa shape index (κ3) is 4.96. The zero-order valence-corrected chi connectivity index (χ0v) is 26.2. The number of furan rings is 1. The highest BCUT2D eigenvalue weighted by Gasteiger charge is 2.21. The van der Waals surface area contributed by atoms with E-state index in [2.05, 4.69) is 169 Å². The van der Waals surface area contributed by atoms with Gasteiger partial charge in [-0.25, -0.2) is 4.98 Å². The fraction of sp³-hybridized carbons (Fsp3) is 0. The van der Waals surface area contributed by atoms with E-state index in [-0.39, 0.29) is 0 Å². The van der Waals surface area contributed by atoms with Crippen molar-refractivity contribution in [2.24, 2.45) is 0 Å². The van der Waals surface area contributed by atoms with E-state index in [1.54, 1.807) is 11.3 Å². The Hall–Kier alpha value is -5.97. The summed E-state index contributed by atoms with van der Waals surface area (Å²) in [4.78, 5) is 7.31. The summed E-state index contributed by atoms with van der Waals surface area (Å²) in [6, 6.07) is 59.7. The number of benzene rings is 7. The van der Waals surface area contributed by atoms with Crippen molar-refractivity contribution in [1.82, 2.24) is 4.98 Å². The lowest BCUT2D eigenvalue weighted by atomic mass is 10.0. The van der Waals surface area contributed by atoms with Gasteiger partial charge in [0.1, 0.15) is 16.2 Å². The van der Waals surface area contributed by atoms with Crippen LogP contribution in [0.2, 0.25) is 0 Å². The highest BCUT2D eigenvalue weighted by molar-refractivity contribution is 7.21. The van der Waals surface area contributed by atoms with Crippen molar-refractivity contribution in [1.29, 1.82) is 0 Å². The SMILES string of the molecule is c1ccc(-c2ccc(N(c3ccc(-c4ccccc4)cc3)c3cccc4oc5cc6nc(-c7ccccc7)sc6cc5c34)cc2)cc1. The average molecular weight is 621 g/mol. The van der Waals surface area contributed by atoms with Gasteiger partial charge in [-0.15, -0.1) is 11.3 Å². The largest absolute Gasteiger partial charge is 0.456 e. The van der Waals surface area contributed by atoms with Crippen LogP contribution >= 0.6 is 11.3 Å². The van der Waals surface area contributed by atoms with E-state index < -0.39 is 0 Å². The predicted molar refractivity (Wildman–Crippen MR) is 198 cm³/mol. The monoisotopic (exact) mass is 620 g/mol. The molecule has 0 fully saturated rings. The van der Waals surface area contributed by atoms with Crippen LogP contribution in [0.25, 0.3) is 65.0 Å². The summed E-state index contributed by atoms with van der Waals surface area (Å²) in [5.74, 6) is 0. The molecule has 0 bridgehead atoms. The summed E-state index contributed by atoms with van der Waals surface area (Å²) in [5.41, 5.74) is 11.7. The molecule has 9 aromatic rings. The highest BCUT2D eigenvalue weighted by atomic mass is 32.1. The number of rotatable bonds is 6. The lowest BCUT2D eigenvalue weighted by Gasteiger charge is -2.26. The van der Waals surface area contributed by atoms with Crippen molar-refractivity contribution in [3.05, 3.63) is 170 Å². The Bertz CT molecular complexity index is 2400. The Kier molecular flexibility index (Phi) is 6.65. The molecule has 222 valence electrons. The molecule has 3 nitrogen and oxygen atoms in total. The maximum absolute atomic E-state index is 6.53. The molecule has 0 spiro atoms. The summed E-state index contributed by atoms with van der Waals surface area (Å²) < 4.78 is 7.67. The molecule has 47 heavy (non-hydrogen) atoms. The normalized spacial score (nSPS) is 11.4. The van der Waals surface area contributed by atoms with Crippen molar-refractivity contribution in [2.75, 3.05) is 4.90 Å². The minimum Gasteiger partial charge on any atom is -0.456 e. The third-order valence-electron chi connectivity index (χ3n) is 8.71. The van der Waals surface area contributed by atoms with Gasteiger partial charge in [-0.3, -0.25) is 0 Å². The van der Waals surface area contributed by atoms with Crippen molar-refractivity contribution in [3.8, 4) is 32.8 Å². The van der Waals surface area contributed by atoms with E-state index in [1.807, 2.05) is 6.07 Å². The standard InChI is InChI=1S/C43H28N2OS/c1-4-11-29(12-5-1)31-19-23-34(24-20-31)45(35-25-21-32(22-26-35)30-13-6-2-7-14-30)38-17-10-18-39-42(38)36-27-41-37(28-40(36)46-39)44-43(47-41)33-15-8-3-9-16-33/h1-28H. The van der Waals surface area contributed by atoms with Gasteiger partial charge in [-0.2, -0.15) is 0 Å². The molecule has 0 saturated carbocycles. The van der Waals surface area contributed by atoms with Crippen LogP contribution in [0.1, 0.15) is 0 Å². The van der Waals surface area contributed by atoms with Crippen molar-refractivity contribution in [2.45, 2.75) is 0 Å². The number of anilines is 3. The van der Waals surface area contributed by atoms with Crippen LogP contribution in [-0.2, 0) is 0 Å². The van der Waals surface area contributed by atoms with Crippen LogP contribution in [0.15, 0.2) is 174 Å². The van der Waals surface area contributed by atoms with E-state index in [4.69, 9.17) is 9.40 Å². The second kappa shape index (κ2) is 11.4. The Balaban J connectivity index is 1.22. The van der Waals surface area contributed by atoms with Crippen molar-refractivity contribution >= 4 is 60.6 Å². The first-order valence-electron chi connectivity index (χ1n) is 15.7. The number of hydrogen-bond donors (Lipinski definition) is 0. The maximum atomic E-state index is 6.53. The summed E-state index contributed by atoms with van der Waals surface area (Å²) >= 11 is 1.72. The lowest BCUT2D eigenvalue weighted by Crippen LogP contribution is -2.10. The van der Waals surface area contributed by atoms with Crippen LogP contribution in [0.3, 0.4) is 0 Å². The highest BCUT2D eigenvalue weighted by Crippen LogP contribution is 2.45. The minimum atomic E-state index is 0.837. The summed E-state index contributed by atoms with van der Waals surface area (Å²) in [5, 5.41) is 3.17. The van der Waals surface area contributed by atoms with Gasteiger partial charge in [0.15, 0.2) is 0 Å². The van der Waals surface area contributed by atoms with Gasteiger partial charge in [0.25, 0.3) is 0 Å². The van der Waals surface area contributed by atoms with E-state index in [0.717, 1.165) is 59.8 Å². The first-order chi connectivity index (χ1) is 23.3. The molecule has 0 N–H and O–H groups in total. The second-order valence-corrected chi connectivity index (χ2v) is 12.6. The summed E-state index contributed by atoms with van der Waals surface area (Å²) in [6.07, 6.45) is 0. The van der Waals surface area contributed by atoms with Gasteiger partial charge in [-0.1, -0.05) is 121 Å². The number of hydrogen-bond acceptors (Lipinski definition) is 4. The quantitative estimate of drug-likeness (QED) is 0.185. The Morgan fingerprint density at radius 3 is 1.57 bits per heavy atom. The van der Waals surface area contributed by atoms with Crippen LogP contribution in [0.5, 0.6) is 0 Å². The predicted octanol–water partition coefficient (Wildman–Crippen LogP) is 12.7. The van der Waals surface area contributed by atoms with Gasteiger partial charge < -0.3 is 9.32 Å². The third-order valence-corrected chi connectivity index (χ3v) is 9.78. The number of nitrogens with zero attached hydrogens (tertiary/aromatic N) is 2. The molecule has 9 rings (SSSR count). The molecule has 4 heteroatoms. The van der Waals surface area contributed by atoms with Crippen LogP contribution in [0, 0.1) is 0 Å². The molecule has 0 aliphatic rings. The van der Waals surface area contributed by atoms with Crippen LogP contribution in [-0.4, -0.2) is 4.98 Å². The molecular formula is C43H28N2OS. The number of fused-ring (bicyclic) bond motifs is 4. The number of thiazole rings is 1. The molecule has 0 aliphatic carbocycles. The summed E-state index contributed by atoms with van der Waals surface area (Å²) in [6.45, 7) is 0. The molecular weight excluding hydrogens is 593 g/mol. The molecule has 2 aromatic heterocycles. The van der Waals surface area contributed by atoms with E-state index >= 15 is 0 Å². The first kappa shape index (κ1) is 27.3. The Labute approximate surface area is 276 Å². The molecule has 7 aromatic carbocycles. The van der Waals surface area contributed by atoms with Crippen LogP contribution < -0.4 is 4.90 Å². The molecule has 0 radical (unpaired) electrons. The zero-order valence-electron chi connectivity index (χ0n) is 25.4. The molecule has 2 heterocycles. The Morgan fingerprint density at radius 1 is 0.468 bits per heavy atom. The molecule has 0 unspecified atom stereocenters. The van der Waals surface area contributed by atoms with Crippen LogP contribution in [0.4, 0.5) is 17.1 Å². The van der Waals surface area contributed by atoms with Crippen molar-refractivity contribution < 1.29 is 4.42 Å². The van der Waals surface area contributed by atoms with E-state index in [1.165, 1.54) is 22.3 Å². The first-order valence-corrected chi connectivity index (χ1v) is 16.5. The lowest BCUT2D eigenvalue weighted by molar-refractivity contribution is 0.669. The molecule has 0 aliphatic heterocycles. The fourth-order valence-corrected chi connectivity index (χ4v) is 7.41. The summed E-state index contributed by atoms with van der Waals surface area (Å²) in [7, 11) is 0. The molecule has 0 amide bonds. The molecule has 0 atom stereocenters. The average Bonchev–Trinajstić information content (AvgIpc) is 3.73. The van der Waals surface area contributed by atoms with Gasteiger partial charge in [0.05, 0.1) is 21.3 Å². The fourth-order valence-electron chi connectivity index (χ4n) is 6.41. The topological polar surface area (TPSA) is 29.3 Å².